The molecule has 1 fully saturated rings. The Kier molecular flexibility index (Phi) is 10.1. The number of rotatable bonds is 14. The molecule has 0 aliphatic heterocycles. The molecular formula is C30H39F2N3O5. The number of carboxylic acids is 1. The molecule has 0 radical (unpaired) electrons. The Labute approximate surface area is 234 Å². The molecule has 2 aromatic rings. The second-order valence-electron chi connectivity index (χ2n) is 10.3. The molecule has 0 heterocycles. The van der Waals surface area contributed by atoms with Gasteiger partial charge in [-0.15, -0.1) is 0 Å². The van der Waals surface area contributed by atoms with E-state index in [0.29, 0.717) is 42.1 Å². The molecule has 2 amide bonds. The Hall–Kier alpha value is -3.69. The Balaban J connectivity index is 1.91. The molecule has 1 unspecified atom stereocenters. The van der Waals surface area contributed by atoms with Crippen LogP contribution in [0.2, 0.25) is 0 Å². The fourth-order valence-corrected chi connectivity index (χ4v) is 5.15. The van der Waals surface area contributed by atoms with Crippen LogP contribution in [0.3, 0.4) is 0 Å². The van der Waals surface area contributed by atoms with Crippen molar-refractivity contribution in [2.24, 2.45) is 0 Å². The lowest BCUT2D eigenvalue weighted by atomic mass is 9.73. The minimum Gasteiger partial charge on any atom is -0.493 e. The van der Waals surface area contributed by atoms with Crippen molar-refractivity contribution in [1.82, 2.24) is 10.2 Å². The lowest BCUT2D eigenvalue weighted by Crippen LogP contribution is -2.68. The maximum absolute atomic E-state index is 13.7. The van der Waals surface area contributed by atoms with Gasteiger partial charge in [-0.2, -0.15) is 0 Å². The number of hydrogen-bond acceptors (Lipinski definition) is 5. The van der Waals surface area contributed by atoms with Gasteiger partial charge in [-0.3, -0.25) is 4.79 Å². The normalized spacial score (nSPS) is 15.8. The van der Waals surface area contributed by atoms with Gasteiger partial charge >= 0.3 is 12.0 Å². The van der Waals surface area contributed by atoms with Crippen LogP contribution in [-0.2, 0) is 11.2 Å². The number of urea groups is 1. The van der Waals surface area contributed by atoms with Gasteiger partial charge in [-0.1, -0.05) is 30.3 Å². The van der Waals surface area contributed by atoms with E-state index < -0.39 is 42.3 Å². The second-order valence-corrected chi connectivity index (χ2v) is 10.3. The first kappa shape index (κ1) is 30.8. The number of hydrogen-bond donors (Lipinski definition) is 3. The van der Waals surface area contributed by atoms with Gasteiger partial charge in [0.25, 0.3) is 5.92 Å². The van der Waals surface area contributed by atoms with Crippen molar-refractivity contribution in [2.45, 2.75) is 77.3 Å². The number of aryl methyl sites for hydroxylation is 1. The Morgan fingerprint density at radius 1 is 1.10 bits per heavy atom. The monoisotopic (exact) mass is 559 g/mol. The highest BCUT2D eigenvalue weighted by Gasteiger charge is 2.62. The number of carbonyl (C=O) groups excluding carboxylic acids is 2. The summed E-state index contributed by atoms with van der Waals surface area (Å²) in [4.78, 5) is 39.4. The number of alkyl halides is 2. The van der Waals surface area contributed by atoms with Gasteiger partial charge in [0.15, 0.2) is 11.3 Å². The van der Waals surface area contributed by atoms with Gasteiger partial charge in [-0.05, 0) is 70.2 Å². The number of carboxylic acid groups (broad SMARTS) is 1. The third-order valence-corrected chi connectivity index (χ3v) is 7.19. The third-order valence-electron chi connectivity index (χ3n) is 7.19. The summed E-state index contributed by atoms with van der Waals surface area (Å²) in [6.07, 6.45) is 0.251. The number of anilines is 1. The fraction of sp³-hybridized carbons (Fsp3) is 0.500. The van der Waals surface area contributed by atoms with Gasteiger partial charge in [-0.25, -0.2) is 18.4 Å². The summed E-state index contributed by atoms with van der Waals surface area (Å²) in [5.41, 5.74) is 0.760. The number of aliphatic carboxylic acids is 1. The van der Waals surface area contributed by atoms with Crippen LogP contribution in [0.25, 0.3) is 0 Å². The van der Waals surface area contributed by atoms with E-state index in [-0.39, 0.29) is 12.3 Å². The predicted octanol–water partition coefficient (Wildman–Crippen LogP) is 6.07. The number of Topliss-reactive ketones (excluding diaryl/α,β-unsaturated/α-hetero) is 1. The number of carbonyl (C=O) groups is 3. The molecular weight excluding hydrogens is 520 g/mol. The maximum Gasteiger partial charge on any atom is 0.329 e. The Bertz CT molecular complexity index is 1170. The zero-order chi connectivity index (χ0) is 29.5. The molecule has 0 bridgehead atoms. The number of amides is 2. The van der Waals surface area contributed by atoms with Crippen LogP contribution in [0.5, 0.6) is 5.75 Å². The molecule has 1 aliphatic rings. The molecule has 3 N–H and O–H groups in total. The van der Waals surface area contributed by atoms with Crippen LogP contribution in [0.4, 0.5) is 19.3 Å². The first-order valence-electron chi connectivity index (χ1n) is 13.7. The molecule has 0 aromatic heterocycles. The fourth-order valence-electron chi connectivity index (χ4n) is 5.15. The van der Waals surface area contributed by atoms with E-state index in [0.717, 1.165) is 18.4 Å². The molecule has 1 atom stereocenters. The number of unbranched alkanes of at least 4 members (excludes halogenated alkanes) is 1. The van der Waals surface area contributed by atoms with Crippen LogP contribution in [0.1, 0.15) is 80.9 Å². The van der Waals surface area contributed by atoms with Gasteiger partial charge in [0.05, 0.1) is 18.2 Å². The molecule has 2 aromatic carbocycles. The summed E-state index contributed by atoms with van der Waals surface area (Å²) in [5, 5.41) is 15.3. The zero-order valence-corrected chi connectivity index (χ0v) is 23.6. The molecule has 10 heteroatoms. The summed E-state index contributed by atoms with van der Waals surface area (Å²) in [6, 6.07) is 12.1. The number of nitrogens with zero attached hydrogens (tertiary/aromatic N) is 1. The minimum atomic E-state index is -3.15. The molecule has 3 rings (SSSR count). The third kappa shape index (κ3) is 7.28. The summed E-state index contributed by atoms with van der Waals surface area (Å²) in [6.45, 7) is 8.07. The lowest BCUT2D eigenvalue weighted by Gasteiger charge is -2.45. The van der Waals surface area contributed by atoms with E-state index in [4.69, 9.17) is 4.74 Å². The number of benzene rings is 2. The number of nitrogens with one attached hydrogen (secondary N) is 2. The van der Waals surface area contributed by atoms with Crippen LogP contribution >= 0.6 is 0 Å². The van der Waals surface area contributed by atoms with E-state index in [9.17, 15) is 28.3 Å². The zero-order valence-electron chi connectivity index (χ0n) is 23.6. The van der Waals surface area contributed by atoms with Crippen LogP contribution in [0, 0.1) is 0 Å². The second kappa shape index (κ2) is 13.1. The van der Waals surface area contributed by atoms with Gasteiger partial charge in [0, 0.05) is 31.6 Å². The molecule has 40 heavy (non-hydrogen) atoms. The highest BCUT2D eigenvalue weighted by molar-refractivity contribution is 6.02. The summed E-state index contributed by atoms with van der Waals surface area (Å²) in [5.74, 6) is -4.43. The number of ketones is 1. The van der Waals surface area contributed by atoms with Crippen molar-refractivity contribution in [1.29, 1.82) is 0 Å². The van der Waals surface area contributed by atoms with E-state index in [1.165, 1.54) is 11.8 Å². The van der Waals surface area contributed by atoms with E-state index >= 15 is 0 Å². The van der Waals surface area contributed by atoms with Gasteiger partial charge in [0.2, 0.25) is 0 Å². The van der Waals surface area contributed by atoms with Crippen molar-refractivity contribution in [3.63, 3.8) is 0 Å². The van der Waals surface area contributed by atoms with E-state index in [1.807, 2.05) is 37.3 Å². The van der Waals surface area contributed by atoms with Crippen molar-refractivity contribution in [3.05, 3.63) is 59.2 Å². The average Bonchev–Trinajstić information content (AvgIpc) is 2.87. The van der Waals surface area contributed by atoms with Crippen molar-refractivity contribution in [3.8, 4) is 5.75 Å². The first-order chi connectivity index (χ1) is 18.9. The molecule has 1 aliphatic carbocycles. The Morgan fingerprint density at radius 2 is 1.77 bits per heavy atom. The minimum absolute atomic E-state index is 0.177. The number of halogens is 2. The molecule has 0 saturated heterocycles. The Morgan fingerprint density at radius 3 is 2.33 bits per heavy atom. The first-order valence-corrected chi connectivity index (χ1v) is 13.7. The average molecular weight is 560 g/mol. The molecule has 218 valence electrons. The highest BCUT2D eigenvalue weighted by atomic mass is 19.3. The largest absolute Gasteiger partial charge is 0.493 e. The van der Waals surface area contributed by atoms with E-state index in [2.05, 4.69) is 10.6 Å². The SMILES string of the molecule is CCNc1cc(C(C)N(CCCCc2ccccc2)C(=O)NC2(C(=O)O)CC(F)(F)C2)cc(OCC)c1C(C)=O. The van der Waals surface area contributed by atoms with Crippen LogP contribution in [0.15, 0.2) is 42.5 Å². The number of ether oxygens (including phenoxy) is 1. The summed E-state index contributed by atoms with van der Waals surface area (Å²) < 4.78 is 33.3. The molecule has 1 saturated carbocycles. The van der Waals surface area contributed by atoms with Crippen molar-refractivity contribution in [2.75, 3.05) is 25.0 Å². The summed E-state index contributed by atoms with van der Waals surface area (Å²) >= 11 is 0. The molecule has 0 spiro atoms. The highest BCUT2D eigenvalue weighted by Crippen LogP contribution is 2.46. The van der Waals surface area contributed by atoms with Crippen molar-refractivity contribution < 1.29 is 33.0 Å². The van der Waals surface area contributed by atoms with Crippen LogP contribution in [-0.4, -0.2) is 58.9 Å². The molecule has 8 nitrogen and oxygen atoms in total. The quantitative estimate of drug-likeness (QED) is 0.192. The van der Waals surface area contributed by atoms with Gasteiger partial charge in [0.1, 0.15) is 5.75 Å². The van der Waals surface area contributed by atoms with Gasteiger partial charge < -0.3 is 25.4 Å². The van der Waals surface area contributed by atoms with E-state index in [1.54, 1.807) is 26.0 Å². The van der Waals surface area contributed by atoms with Crippen LogP contribution < -0.4 is 15.4 Å². The predicted molar refractivity (Wildman–Crippen MR) is 149 cm³/mol. The summed E-state index contributed by atoms with van der Waals surface area (Å²) in [7, 11) is 0. The van der Waals surface area contributed by atoms with Crippen molar-refractivity contribution >= 4 is 23.5 Å². The lowest BCUT2D eigenvalue weighted by molar-refractivity contribution is -0.175. The smallest absolute Gasteiger partial charge is 0.329 e. The standard InChI is InChI=1S/C30H39F2N3O5/c1-5-33-24-16-23(17-25(40-6-2)26(24)21(4)36)20(3)35(15-11-10-14-22-12-8-7-9-13-22)28(39)34-29(27(37)38)18-30(31,32)19-29/h7-9,12-13,16-17,20,33H,5-6,10-11,14-15,18-19H2,1-4H3,(H,34,39)(H,37,38). The topological polar surface area (TPSA) is 108 Å². The maximum atomic E-state index is 13.7.